The molecule has 1 aromatic rings. The van der Waals surface area contributed by atoms with Gasteiger partial charge in [0.25, 0.3) is 0 Å². The first-order chi connectivity index (χ1) is 8.69. The Morgan fingerprint density at radius 3 is 2.56 bits per heavy atom. The second-order valence-corrected chi connectivity index (χ2v) is 6.29. The van der Waals surface area contributed by atoms with Crippen LogP contribution in [0, 0.1) is 42.9 Å². The highest BCUT2D eigenvalue weighted by atomic mass is 14.5. The van der Waals surface area contributed by atoms with Gasteiger partial charge in [0, 0.05) is 0 Å². The third-order valence-corrected chi connectivity index (χ3v) is 5.25. The molecular weight excluding hydrogens is 218 g/mol. The minimum absolute atomic E-state index is 0.125. The van der Waals surface area contributed by atoms with E-state index in [4.69, 9.17) is 0 Å². The molecule has 4 unspecified atom stereocenters. The number of aryl methyl sites for hydroxylation is 2. The number of nitrogens with zero attached hydrogens (tertiary/aromatic N) is 1. The molecule has 1 nitrogen and oxygen atoms in total. The van der Waals surface area contributed by atoms with Crippen molar-refractivity contribution >= 4 is 0 Å². The van der Waals surface area contributed by atoms with Crippen molar-refractivity contribution in [2.45, 2.75) is 45.4 Å². The van der Waals surface area contributed by atoms with Crippen molar-refractivity contribution in [2.24, 2.45) is 17.8 Å². The smallest absolute Gasteiger partial charge is 0.0743 e. The van der Waals surface area contributed by atoms with E-state index in [0.717, 1.165) is 11.8 Å². The Morgan fingerprint density at radius 1 is 1.17 bits per heavy atom. The SMILES string of the molecule is Cc1ccc(C(C#N)C2CC3CCC2C3)cc1C. The quantitative estimate of drug-likeness (QED) is 0.752. The molecule has 0 radical (unpaired) electrons. The predicted molar refractivity (Wildman–Crippen MR) is 73.2 cm³/mol. The topological polar surface area (TPSA) is 23.8 Å². The van der Waals surface area contributed by atoms with E-state index >= 15 is 0 Å². The van der Waals surface area contributed by atoms with Crippen LogP contribution in [0.1, 0.15) is 48.3 Å². The van der Waals surface area contributed by atoms with Gasteiger partial charge in [0.05, 0.1) is 12.0 Å². The van der Waals surface area contributed by atoms with Crippen LogP contribution in [0.3, 0.4) is 0 Å². The fourth-order valence-corrected chi connectivity index (χ4v) is 4.08. The van der Waals surface area contributed by atoms with Crippen molar-refractivity contribution < 1.29 is 0 Å². The van der Waals surface area contributed by atoms with Gasteiger partial charge in [-0.1, -0.05) is 24.6 Å². The first-order valence-corrected chi connectivity index (χ1v) is 7.16. The number of rotatable bonds is 2. The van der Waals surface area contributed by atoms with E-state index in [9.17, 15) is 5.26 Å². The van der Waals surface area contributed by atoms with E-state index in [-0.39, 0.29) is 5.92 Å². The van der Waals surface area contributed by atoms with Crippen LogP contribution in [0.15, 0.2) is 18.2 Å². The van der Waals surface area contributed by atoms with Gasteiger partial charge in [-0.2, -0.15) is 5.26 Å². The standard InChI is InChI=1S/C17H21N/c1-11-3-5-14(7-12(11)2)17(10-18)16-9-13-4-6-15(16)8-13/h3,5,7,13,15-17H,4,6,8-9H2,1-2H3. The molecule has 1 heteroatoms. The Kier molecular flexibility index (Phi) is 2.90. The van der Waals surface area contributed by atoms with Gasteiger partial charge in [-0.15, -0.1) is 0 Å². The van der Waals surface area contributed by atoms with E-state index in [1.807, 2.05) is 0 Å². The lowest BCUT2D eigenvalue weighted by Gasteiger charge is -2.26. The molecule has 0 saturated heterocycles. The number of fused-ring (bicyclic) bond motifs is 2. The zero-order chi connectivity index (χ0) is 12.7. The first-order valence-electron chi connectivity index (χ1n) is 7.16. The molecule has 0 N–H and O–H groups in total. The molecule has 0 amide bonds. The van der Waals surface area contributed by atoms with E-state index in [1.54, 1.807) is 0 Å². The van der Waals surface area contributed by atoms with Crippen LogP contribution in [0.25, 0.3) is 0 Å². The molecule has 2 fully saturated rings. The van der Waals surface area contributed by atoms with Gasteiger partial charge in [-0.05, 0) is 67.6 Å². The molecule has 0 spiro atoms. The maximum Gasteiger partial charge on any atom is 0.0743 e. The van der Waals surface area contributed by atoms with E-state index in [1.165, 1.54) is 42.4 Å². The summed E-state index contributed by atoms with van der Waals surface area (Å²) in [6, 6.07) is 9.16. The summed E-state index contributed by atoms with van der Waals surface area (Å²) in [6.07, 6.45) is 5.44. The first kappa shape index (κ1) is 11.8. The molecule has 2 aliphatic rings. The maximum atomic E-state index is 9.58. The van der Waals surface area contributed by atoms with E-state index < -0.39 is 0 Å². The average molecular weight is 239 g/mol. The zero-order valence-electron chi connectivity index (χ0n) is 11.3. The molecule has 0 aromatic heterocycles. The number of nitriles is 1. The van der Waals surface area contributed by atoms with Crippen molar-refractivity contribution in [3.63, 3.8) is 0 Å². The van der Waals surface area contributed by atoms with Crippen molar-refractivity contribution in [3.05, 3.63) is 34.9 Å². The van der Waals surface area contributed by atoms with E-state index in [0.29, 0.717) is 5.92 Å². The Balaban J connectivity index is 1.88. The fraction of sp³-hybridized carbons (Fsp3) is 0.588. The third kappa shape index (κ3) is 1.85. The lowest BCUT2D eigenvalue weighted by atomic mass is 9.76. The Morgan fingerprint density at radius 2 is 2.00 bits per heavy atom. The molecule has 94 valence electrons. The highest BCUT2D eigenvalue weighted by Crippen LogP contribution is 2.53. The van der Waals surface area contributed by atoms with Crippen molar-refractivity contribution in [1.82, 2.24) is 0 Å². The van der Waals surface area contributed by atoms with Gasteiger partial charge in [0.15, 0.2) is 0 Å². The maximum absolute atomic E-state index is 9.58. The Hall–Kier alpha value is -1.29. The molecule has 1 aromatic carbocycles. The fourth-order valence-electron chi connectivity index (χ4n) is 4.08. The van der Waals surface area contributed by atoms with Crippen molar-refractivity contribution in [1.29, 1.82) is 5.26 Å². The highest BCUT2D eigenvalue weighted by Gasteiger charge is 2.43. The van der Waals surface area contributed by atoms with Gasteiger partial charge in [-0.3, -0.25) is 0 Å². The Bertz CT molecular complexity index is 497. The minimum Gasteiger partial charge on any atom is -0.198 e. The van der Waals surface area contributed by atoms with Crippen LogP contribution in [0.4, 0.5) is 0 Å². The van der Waals surface area contributed by atoms with Crippen molar-refractivity contribution in [3.8, 4) is 6.07 Å². The number of hydrogen-bond donors (Lipinski definition) is 0. The third-order valence-electron chi connectivity index (χ3n) is 5.25. The van der Waals surface area contributed by atoms with E-state index in [2.05, 4.69) is 38.1 Å². The largest absolute Gasteiger partial charge is 0.198 e. The molecule has 3 rings (SSSR count). The summed E-state index contributed by atoms with van der Waals surface area (Å²) in [5.41, 5.74) is 3.89. The second kappa shape index (κ2) is 4.43. The molecule has 2 aliphatic carbocycles. The molecule has 2 bridgehead atoms. The molecule has 4 atom stereocenters. The van der Waals surface area contributed by atoms with Crippen LogP contribution in [0.2, 0.25) is 0 Å². The summed E-state index contributed by atoms with van der Waals surface area (Å²) < 4.78 is 0. The van der Waals surface area contributed by atoms with Crippen LogP contribution in [-0.4, -0.2) is 0 Å². The highest BCUT2D eigenvalue weighted by molar-refractivity contribution is 5.35. The van der Waals surface area contributed by atoms with Crippen LogP contribution >= 0.6 is 0 Å². The predicted octanol–water partition coefficient (Wildman–Crippen LogP) is 4.35. The monoisotopic (exact) mass is 239 g/mol. The van der Waals surface area contributed by atoms with Gasteiger partial charge < -0.3 is 0 Å². The van der Waals surface area contributed by atoms with Crippen LogP contribution in [0.5, 0.6) is 0 Å². The normalized spacial score (nSPS) is 31.3. The molecule has 18 heavy (non-hydrogen) atoms. The summed E-state index contributed by atoms with van der Waals surface area (Å²) in [5, 5.41) is 9.58. The lowest BCUT2D eigenvalue weighted by molar-refractivity contribution is 0.311. The van der Waals surface area contributed by atoms with Crippen molar-refractivity contribution in [2.75, 3.05) is 0 Å². The summed E-state index contributed by atoms with van der Waals surface area (Å²) in [7, 11) is 0. The molecule has 0 aliphatic heterocycles. The summed E-state index contributed by atoms with van der Waals surface area (Å²) in [5.74, 6) is 2.49. The Labute approximate surface area is 110 Å². The molecular formula is C17H21N. The summed E-state index contributed by atoms with van der Waals surface area (Å²) in [6.45, 7) is 4.28. The second-order valence-electron chi connectivity index (χ2n) is 6.29. The zero-order valence-corrected chi connectivity index (χ0v) is 11.3. The van der Waals surface area contributed by atoms with Gasteiger partial charge in [-0.25, -0.2) is 0 Å². The van der Waals surface area contributed by atoms with Gasteiger partial charge >= 0.3 is 0 Å². The summed E-state index contributed by atoms with van der Waals surface area (Å²) in [4.78, 5) is 0. The van der Waals surface area contributed by atoms with Crippen LogP contribution in [-0.2, 0) is 0 Å². The lowest BCUT2D eigenvalue weighted by Crippen LogP contribution is -2.18. The van der Waals surface area contributed by atoms with Gasteiger partial charge in [0.1, 0.15) is 0 Å². The molecule has 0 heterocycles. The minimum atomic E-state index is 0.125. The van der Waals surface area contributed by atoms with Gasteiger partial charge in [0.2, 0.25) is 0 Å². The average Bonchev–Trinajstić information content (AvgIpc) is 2.97. The summed E-state index contributed by atoms with van der Waals surface area (Å²) >= 11 is 0. The number of hydrogen-bond acceptors (Lipinski definition) is 1. The molecule has 2 saturated carbocycles. The number of benzene rings is 1. The van der Waals surface area contributed by atoms with Crippen LogP contribution < -0.4 is 0 Å².